The van der Waals surface area contributed by atoms with Gasteiger partial charge in [0.2, 0.25) is 0 Å². The van der Waals surface area contributed by atoms with E-state index < -0.39 is 5.82 Å². The largest absolute Gasteiger partial charge is 0.491 e. The van der Waals surface area contributed by atoms with Crippen LogP contribution in [0.15, 0.2) is 53.6 Å². The van der Waals surface area contributed by atoms with E-state index in [-0.39, 0.29) is 17.3 Å². The van der Waals surface area contributed by atoms with Crippen molar-refractivity contribution in [1.29, 1.82) is 0 Å². The van der Waals surface area contributed by atoms with E-state index >= 15 is 0 Å². The molecular weight excluding hydrogens is 499 g/mol. The number of halogens is 1. The summed E-state index contributed by atoms with van der Waals surface area (Å²) >= 11 is 0. The molecule has 3 aromatic rings. The molecule has 1 aliphatic carbocycles. The predicted octanol–water partition coefficient (Wildman–Crippen LogP) is 4.62. The van der Waals surface area contributed by atoms with Gasteiger partial charge in [0.15, 0.2) is 5.82 Å². The summed E-state index contributed by atoms with van der Waals surface area (Å²) in [5.41, 5.74) is 3.17. The van der Waals surface area contributed by atoms with Crippen molar-refractivity contribution in [2.45, 2.75) is 45.6 Å². The Hall–Kier alpha value is -3.56. The second kappa shape index (κ2) is 13.5. The standard InChI is InChI=1S/C29H33FN4O3.CH4O/c1-20-13-25(9-7-23(20)17-33-15-22(16-33)18-35)34-12-11-31-28(29(34)36)32-26-10-8-24(30)14-27(26)37-19-21-5-3-2-4-6-21;1-2/h7-14,18,21-22H,2-6,15-17,19H2,1H3,(H,31,32);2H,1H3. The Morgan fingerprint density at radius 3 is 2.62 bits per heavy atom. The molecule has 2 heterocycles. The summed E-state index contributed by atoms with van der Waals surface area (Å²) in [4.78, 5) is 30.7. The van der Waals surface area contributed by atoms with Crippen molar-refractivity contribution in [3.8, 4) is 11.4 Å². The van der Waals surface area contributed by atoms with Crippen LogP contribution in [0.25, 0.3) is 5.69 Å². The SMILES string of the molecule is CO.Cc1cc(-n2ccnc(Nc3ccc(F)cc3OCC3CCCCC3)c2=O)ccc1CN1CC(C=O)C1. The lowest BCUT2D eigenvalue weighted by Crippen LogP contribution is -2.46. The zero-order valence-corrected chi connectivity index (χ0v) is 22.6. The molecule has 0 atom stereocenters. The first-order chi connectivity index (χ1) is 19.0. The molecular formula is C30H37FN4O4. The molecule has 1 aromatic heterocycles. The molecule has 1 saturated heterocycles. The Bertz CT molecular complexity index is 1320. The van der Waals surface area contributed by atoms with Gasteiger partial charge >= 0.3 is 0 Å². The fourth-order valence-electron chi connectivity index (χ4n) is 5.18. The molecule has 39 heavy (non-hydrogen) atoms. The minimum Gasteiger partial charge on any atom is -0.491 e. The molecule has 8 nitrogen and oxygen atoms in total. The molecule has 9 heteroatoms. The number of aryl methyl sites for hydroxylation is 1. The number of anilines is 2. The third-order valence-corrected chi connectivity index (χ3v) is 7.41. The number of carbonyl (C=O) groups excluding carboxylic acids is 1. The Morgan fingerprint density at radius 2 is 1.90 bits per heavy atom. The highest BCUT2D eigenvalue weighted by Crippen LogP contribution is 2.30. The van der Waals surface area contributed by atoms with Gasteiger partial charge in [-0.25, -0.2) is 9.37 Å². The van der Waals surface area contributed by atoms with E-state index in [2.05, 4.69) is 15.2 Å². The highest BCUT2D eigenvalue weighted by molar-refractivity contribution is 5.64. The second-order valence-corrected chi connectivity index (χ2v) is 10.2. The Labute approximate surface area is 228 Å². The van der Waals surface area contributed by atoms with Crippen LogP contribution in [0.5, 0.6) is 5.75 Å². The molecule has 2 aromatic carbocycles. The number of ether oxygens (including phenoxy) is 1. The van der Waals surface area contributed by atoms with Crippen molar-refractivity contribution in [3.05, 3.63) is 76.1 Å². The van der Waals surface area contributed by atoms with Gasteiger partial charge in [-0.1, -0.05) is 25.3 Å². The number of hydrogen-bond donors (Lipinski definition) is 2. The third kappa shape index (κ3) is 7.10. The zero-order valence-electron chi connectivity index (χ0n) is 22.6. The van der Waals surface area contributed by atoms with Crippen LogP contribution in [0.3, 0.4) is 0 Å². The number of aliphatic hydroxyl groups is 1. The molecule has 0 unspecified atom stereocenters. The van der Waals surface area contributed by atoms with Gasteiger partial charge in [0.1, 0.15) is 17.9 Å². The second-order valence-electron chi connectivity index (χ2n) is 10.2. The van der Waals surface area contributed by atoms with Crippen molar-refractivity contribution in [3.63, 3.8) is 0 Å². The maximum Gasteiger partial charge on any atom is 0.298 e. The molecule has 0 bridgehead atoms. The number of benzene rings is 2. The third-order valence-electron chi connectivity index (χ3n) is 7.41. The van der Waals surface area contributed by atoms with Crippen LogP contribution in [0.2, 0.25) is 0 Å². The first-order valence-electron chi connectivity index (χ1n) is 13.5. The normalized spacial score (nSPS) is 16.1. The van der Waals surface area contributed by atoms with Crippen molar-refractivity contribution in [2.24, 2.45) is 11.8 Å². The summed E-state index contributed by atoms with van der Waals surface area (Å²) in [7, 11) is 1.00. The molecule has 0 spiro atoms. The van der Waals surface area contributed by atoms with Crippen LogP contribution in [-0.2, 0) is 11.3 Å². The molecule has 5 rings (SSSR count). The van der Waals surface area contributed by atoms with Crippen LogP contribution in [-0.4, -0.2) is 52.6 Å². The maximum atomic E-state index is 14.0. The number of nitrogens with one attached hydrogen (secondary N) is 1. The highest BCUT2D eigenvalue weighted by Gasteiger charge is 2.26. The highest BCUT2D eigenvalue weighted by atomic mass is 19.1. The van der Waals surface area contributed by atoms with Crippen LogP contribution >= 0.6 is 0 Å². The lowest BCUT2D eigenvalue weighted by atomic mass is 9.90. The Morgan fingerprint density at radius 1 is 1.13 bits per heavy atom. The van der Waals surface area contributed by atoms with E-state index in [0.29, 0.717) is 24.0 Å². The number of carbonyl (C=O) groups is 1. The predicted molar refractivity (Wildman–Crippen MR) is 149 cm³/mol. The van der Waals surface area contributed by atoms with Crippen LogP contribution in [0, 0.1) is 24.6 Å². The topological polar surface area (TPSA) is 96.7 Å². The summed E-state index contributed by atoms with van der Waals surface area (Å²) in [6.07, 6.45) is 10.1. The minimum atomic E-state index is -0.391. The Balaban J connectivity index is 0.00000172. The van der Waals surface area contributed by atoms with E-state index in [1.54, 1.807) is 23.0 Å². The number of aromatic nitrogens is 2. The lowest BCUT2D eigenvalue weighted by molar-refractivity contribution is -0.115. The summed E-state index contributed by atoms with van der Waals surface area (Å²) in [6.45, 7) is 4.92. The lowest BCUT2D eigenvalue weighted by Gasteiger charge is -2.36. The van der Waals surface area contributed by atoms with Crippen LogP contribution in [0.1, 0.15) is 43.2 Å². The fraction of sp³-hybridized carbons (Fsp3) is 0.433. The van der Waals surface area contributed by atoms with Gasteiger partial charge in [-0.15, -0.1) is 0 Å². The summed E-state index contributed by atoms with van der Waals surface area (Å²) in [5.74, 6) is 0.734. The van der Waals surface area contributed by atoms with E-state index in [9.17, 15) is 14.0 Å². The van der Waals surface area contributed by atoms with Crippen LogP contribution in [0.4, 0.5) is 15.9 Å². The number of aliphatic hydroxyl groups excluding tert-OH is 1. The smallest absolute Gasteiger partial charge is 0.298 e. The quantitative estimate of drug-likeness (QED) is 0.385. The van der Waals surface area contributed by atoms with E-state index in [1.165, 1.54) is 37.0 Å². The fourth-order valence-corrected chi connectivity index (χ4v) is 5.18. The van der Waals surface area contributed by atoms with Gasteiger partial charge in [0, 0.05) is 56.8 Å². The van der Waals surface area contributed by atoms with E-state index in [1.807, 2.05) is 25.1 Å². The first kappa shape index (κ1) is 28.4. The van der Waals surface area contributed by atoms with Crippen molar-refractivity contribution >= 4 is 17.8 Å². The molecule has 2 aliphatic rings. The van der Waals surface area contributed by atoms with E-state index in [0.717, 1.165) is 57.1 Å². The van der Waals surface area contributed by atoms with Gasteiger partial charge < -0.3 is 20.0 Å². The number of likely N-dealkylation sites (tertiary alicyclic amines) is 1. The maximum absolute atomic E-state index is 14.0. The van der Waals surface area contributed by atoms with Gasteiger partial charge in [0.25, 0.3) is 5.56 Å². The van der Waals surface area contributed by atoms with E-state index in [4.69, 9.17) is 9.84 Å². The molecule has 0 amide bonds. The molecule has 2 fully saturated rings. The van der Waals surface area contributed by atoms with Crippen molar-refractivity contribution in [2.75, 3.05) is 32.1 Å². The Kier molecular flexibility index (Phi) is 9.84. The average Bonchev–Trinajstić information content (AvgIpc) is 2.94. The molecule has 1 saturated carbocycles. The number of nitrogens with zero attached hydrogens (tertiary/aromatic N) is 3. The number of rotatable bonds is 9. The van der Waals surface area contributed by atoms with Gasteiger partial charge in [-0.2, -0.15) is 0 Å². The summed E-state index contributed by atoms with van der Waals surface area (Å²) in [5, 5.41) is 10.1. The monoisotopic (exact) mass is 536 g/mol. The first-order valence-corrected chi connectivity index (χ1v) is 13.5. The van der Waals surface area contributed by atoms with Gasteiger partial charge in [0.05, 0.1) is 12.3 Å². The molecule has 0 radical (unpaired) electrons. The summed E-state index contributed by atoms with van der Waals surface area (Å²) in [6, 6.07) is 10.2. The van der Waals surface area contributed by atoms with Gasteiger partial charge in [-0.05, 0) is 61.1 Å². The zero-order chi connectivity index (χ0) is 27.8. The summed E-state index contributed by atoms with van der Waals surface area (Å²) < 4.78 is 21.6. The number of aldehydes is 1. The van der Waals surface area contributed by atoms with Gasteiger partial charge in [-0.3, -0.25) is 14.3 Å². The minimum absolute atomic E-state index is 0.138. The molecule has 208 valence electrons. The molecule has 2 N–H and O–H groups in total. The van der Waals surface area contributed by atoms with Crippen LogP contribution < -0.4 is 15.6 Å². The average molecular weight is 537 g/mol. The van der Waals surface area contributed by atoms with Crippen molar-refractivity contribution in [1.82, 2.24) is 14.5 Å². The number of hydrogen-bond acceptors (Lipinski definition) is 7. The van der Waals surface area contributed by atoms with Crippen molar-refractivity contribution < 1.29 is 19.0 Å². The molecule has 1 aliphatic heterocycles.